The molecule has 3 rings (SSSR count). The van der Waals surface area contributed by atoms with E-state index in [4.69, 9.17) is 14.2 Å². The van der Waals surface area contributed by atoms with E-state index in [1.165, 1.54) is 5.57 Å². The molecule has 5 nitrogen and oxygen atoms in total. The number of rotatable bonds is 8. The highest BCUT2D eigenvalue weighted by atomic mass is 16.6. The third kappa shape index (κ3) is 6.00. The van der Waals surface area contributed by atoms with E-state index in [1.54, 1.807) is 0 Å². The summed E-state index contributed by atoms with van der Waals surface area (Å²) in [5, 5.41) is 0. The van der Waals surface area contributed by atoms with Gasteiger partial charge >= 0.3 is 11.9 Å². The van der Waals surface area contributed by atoms with Gasteiger partial charge < -0.3 is 14.2 Å². The number of fused-ring (bicyclic) bond motifs is 1. The molecule has 2 unspecified atom stereocenters. The van der Waals surface area contributed by atoms with Crippen molar-refractivity contribution in [2.24, 2.45) is 29.6 Å². The van der Waals surface area contributed by atoms with Crippen molar-refractivity contribution in [3.63, 3.8) is 0 Å². The Labute approximate surface area is 187 Å². The van der Waals surface area contributed by atoms with Crippen LogP contribution in [-0.2, 0) is 23.8 Å². The Morgan fingerprint density at radius 2 is 2.00 bits per heavy atom. The molecule has 1 saturated heterocycles. The van der Waals surface area contributed by atoms with Crippen molar-refractivity contribution in [3.05, 3.63) is 23.8 Å². The minimum absolute atomic E-state index is 0.0323. The third-order valence-electron chi connectivity index (χ3n) is 7.32. The summed E-state index contributed by atoms with van der Waals surface area (Å²) in [6, 6.07) is 0. The highest BCUT2D eigenvalue weighted by Crippen LogP contribution is 2.45. The summed E-state index contributed by atoms with van der Waals surface area (Å²) in [7, 11) is 0. The summed E-state index contributed by atoms with van der Waals surface area (Å²) < 4.78 is 17.5. The van der Waals surface area contributed by atoms with Crippen LogP contribution >= 0.6 is 0 Å². The van der Waals surface area contributed by atoms with Crippen LogP contribution in [0.15, 0.2) is 23.8 Å². The molecule has 1 aliphatic heterocycles. The van der Waals surface area contributed by atoms with E-state index in [9.17, 15) is 9.59 Å². The van der Waals surface area contributed by atoms with E-state index in [2.05, 4.69) is 32.1 Å². The number of carbonyl (C=O) groups excluding carboxylic acids is 2. The van der Waals surface area contributed by atoms with Gasteiger partial charge in [0.2, 0.25) is 0 Å². The lowest BCUT2D eigenvalue weighted by molar-refractivity contribution is -0.164. The van der Waals surface area contributed by atoms with Crippen LogP contribution in [0.1, 0.15) is 73.1 Å². The van der Waals surface area contributed by atoms with Crippen LogP contribution in [0.5, 0.6) is 0 Å². The molecule has 0 spiro atoms. The normalized spacial score (nSPS) is 36.2. The molecule has 0 saturated carbocycles. The maximum absolute atomic E-state index is 12.6. The maximum atomic E-state index is 12.6. The summed E-state index contributed by atoms with van der Waals surface area (Å²) in [4.78, 5) is 24.6. The number of ether oxygens (including phenoxy) is 3. The van der Waals surface area contributed by atoms with E-state index in [0.717, 1.165) is 32.1 Å². The van der Waals surface area contributed by atoms with Crippen LogP contribution in [-0.4, -0.2) is 36.9 Å². The van der Waals surface area contributed by atoms with Crippen molar-refractivity contribution in [2.75, 3.05) is 6.61 Å². The fraction of sp³-hybridized carbons (Fsp3) is 0.769. The van der Waals surface area contributed by atoms with Gasteiger partial charge in [-0.15, -0.1) is 0 Å². The summed E-state index contributed by atoms with van der Waals surface area (Å²) >= 11 is 0. The molecule has 0 radical (unpaired) electrons. The predicted molar refractivity (Wildman–Crippen MR) is 120 cm³/mol. The topological polar surface area (TPSA) is 61.8 Å². The first-order chi connectivity index (χ1) is 14.8. The SMILES string of the molecule is CCO[C@H]1CC(=O)OC(CC[C@@H]2C3C(=C[C@H](C)C[C@@H]3OC(=O)[C@@H](C)CC)C=C[C@@H]2C)C1. The molecule has 0 amide bonds. The Bertz CT molecular complexity index is 696. The lowest BCUT2D eigenvalue weighted by atomic mass is 9.65. The Morgan fingerprint density at radius 3 is 2.71 bits per heavy atom. The fourth-order valence-corrected chi connectivity index (χ4v) is 5.42. The van der Waals surface area contributed by atoms with Crippen molar-refractivity contribution >= 4 is 11.9 Å². The minimum Gasteiger partial charge on any atom is -0.462 e. The number of allylic oxidation sites excluding steroid dienone is 3. The first-order valence-electron chi connectivity index (χ1n) is 12.2. The zero-order chi connectivity index (χ0) is 22.5. The lowest BCUT2D eigenvalue weighted by Crippen LogP contribution is -2.42. The summed E-state index contributed by atoms with van der Waals surface area (Å²) in [6.45, 7) is 11.0. The molecular weight excluding hydrogens is 392 g/mol. The highest BCUT2D eigenvalue weighted by Gasteiger charge is 2.42. The number of cyclic esters (lactones) is 1. The molecule has 0 aromatic heterocycles. The molecule has 0 bridgehead atoms. The van der Waals surface area contributed by atoms with E-state index < -0.39 is 0 Å². The largest absolute Gasteiger partial charge is 0.462 e. The zero-order valence-electron chi connectivity index (χ0n) is 19.8. The average molecular weight is 433 g/mol. The zero-order valence-corrected chi connectivity index (χ0v) is 19.8. The van der Waals surface area contributed by atoms with E-state index in [0.29, 0.717) is 30.8 Å². The lowest BCUT2D eigenvalue weighted by Gasteiger charge is -2.43. The van der Waals surface area contributed by atoms with Crippen LogP contribution in [0.3, 0.4) is 0 Å². The van der Waals surface area contributed by atoms with Crippen molar-refractivity contribution < 1.29 is 23.8 Å². The minimum atomic E-state index is -0.154. The second-order valence-electron chi connectivity index (χ2n) is 9.78. The smallest absolute Gasteiger partial charge is 0.308 e. The standard InChI is InChI=1S/C26H40O5/c1-6-17(4)26(28)31-23-13-16(3)12-19-9-8-18(5)22(25(19)23)11-10-20-14-21(29-7-2)15-24(27)30-20/h8-9,12,16-18,20-23,25H,6-7,10-11,13-15H2,1-5H3/t16-,17-,18-,20?,21+,22-,23-,25?/m0/s1. The van der Waals surface area contributed by atoms with Gasteiger partial charge in [0.05, 0.1) is 18.4 Å². The van der Waals surface area contributed by atoms with Crippen LogP contribution in [0, 0.1) is 29.6 Å². The predicted octanol–water partition coefficient (Wildman–Crippen LogP) is 5.24. The molecule has 8 atom stereocenters. The second kappa shape index (κ2) is 10.8. The molecule has 2 aliphatic carbocycles. The monoisotopic (exact) mass is 432 g/mol. The fourth-order valence-electron chi connectivity index (χ4n) is 5.42. The molecule has 0 N–H and O–H groups in total. The first-order valence-corrected chi connectivity index (χ1v) is 12.2. The molecule has 174 valence electrons. The van der Waals surface area contributed by atoms with Crippen LogP contribution < -0.4 is 0 Å². The van der Waals surface area contributed by atoms with Crippen molar-refractivity contribution in [3.8, 4) is 0 Å². The average Bonchev–Trinajstić information content (AvgIpc) is 2.72. The molecule has 0 aromatic rings. The molecule has 5 heteroatoms. The quantitative estimate of drug-likeness (QED) is 0.491. The summed E-state index contributed by atoms with van der Waals surface area (Å²) in [5.74, 6) is 1.06. The second-order valence-corrected chi connectivity index (χ2v) is 9.78. The highest BCUT2D eigenvalue weighted by molar-refractivity contribution is 5.72. The Morgan fingerprint density at radius 1 is 1.23 bits per heavy atom. The van der Waals surface area contributed by atoms with Gasteiger partial charge in [0.15, 0.2) is 0 Å². The Kier molecular flexibility index (Phi) is 8.37. The number of hydrogen-bond donors (Lipinski definition) is 0. The summed E-state index contributed by atoms with van der Waals surface area (Å²) in [5.41, 5.74) is 1.30. The van der Waals surface area contributed by atoms with E-state index in [1.807, 2.05) is 20.8 Å². The number of esters is 2. The summed E-state index contributed by atoms with van der Waals surface area (Å²) in [6.07, 6.45) is 11.2. The van der Waals surface area contributed by atoms with E-state index >= 15 is 0 Å². The van der Waals surface area contributed by atoms with Gasteiger partial charge in [0.1, 0.15) is 12.2 Å². The molecule has 1 heterocycles. The Balaban J connectivity index is 1.72. The maximum Gasteiger partial charge on any atom is 0.308 e. The molecule has 0 aromatic carbocycles. The van der Waals surface area contributed by atoms with E-state index in [-0.39, 0.29) is 42.1 Å². The van der Waals surface area contributed by atoms with Crippen LogP contribution in [0.4, 0.5) is 0 Å². The molecular formula is C26H40O5. The van der Waals surface area contributed by atoms with Gasteiger partial charge in [-0.05, 0) is 55.9 Å². The van der Waals surface area contributed by atoms with Crippen molar-refractivity contribution in [1.82, 2.24) is 0 Å². The van der Waals surface area contributed by atoms with Gasteiger partial charge in [0.25, 0.3) is 0 Å². The number of carbonyl (C=O) groups is 2. The number of hydrogen-bond acceptors (Lipinski definition) is 5. The first kappa shape index (κ1) is 24.0. The Hall–Kier alpha value is -1.62. The van der Waals surface area contributed by atoms with Crippen molar-refractivity contribution in [2.45, 2.75) is 91.5 Å². The molecule has 31 heavy (non-hydrogen) atoms. The molecule has 1 fully saturated rings. The van der Waals surface area contributed by atoms with Gasteiger partial charge in [-0.3, -0.25) is 9.59 Å². The van der Waals surface area contributed by atoms with Crippen LogP contribution in [0.2, 0.25) is 0 Å². The van der Waals surface area contributed by atoms with Crippen LogP contribution in [0.25, 0.3) is 0 Å². The van der Waals surface area contributed by atoms with Crippen molar-refractivity contribution in [1.29, 1.82) is 0 Å². The van der Waals surface area contributed by atoms with Gasteiger partial charge in [-0.2, -0.15) is 0 Å². The third-order valence-corrected chi connectivity index (χ3v) is 7.32. The van der Waals surface area contributed by atoms with Gasteiger partial charge in [-0.25, -0.2) is 0 Å². The molecule has 3 aliphatic rings. The van der Waals surface area contributed by atoms with Gasteiger partial charge in [-0.1, -0.05) is 45.9 Å². The van der Waals surface area contributed by atoms with Gasteiger partial charge in [0, 0.05) is 18.9 Å².